The highest BCUT2D eigenvalue weighted by molar-refractivity contribution is 7.12. The van der Waals surface area contributed by atoms with Crippen molar-refractivity contribution in [3.8, 4) is 0 Å². The Morgan fingerprint density at radius 3 is 2.61 bits per heavy atom. The molecule has 1 saturated heterocycles. The molecule has 18 heavy (non-hydrogen) atoms. The Bertz CT molecular complexity index is 478. The predicted octanol–water partition coefficient (Wildman–Crippen LogP) is 2.52. The zero-order chi connectivity index (χ0) is 12.9. The van der Waals surface area contributed by atoms with E-state index in [0.717, 1.165) is 19.3 Å². The lowest BCUT2D eigenvalue weighted by Gasteiger charge is -2.40. The zero-order valence-corrected chi connectivity index (χ0v) is 11.8. The van der Waals surface area contributed by atoms with Crippen molar-refractivity contribution in [2.45, 2.75) is 57.7 Å². The van der Waals surface area contributed by atoms with E-state index in [2.05, 4.69) is 24.8 Å². The van der Waals surface area contributed by atoms with Gasteiger partial charge in [-0.3, -0.25) is 4.79 Å². The molecule has 1 aromatic heterocycles. The van der Waals surface area contributed by atoms with Crippen LogP contribution in [-0.2, 0) is 4.79 Å². The van der Waals surface area contributed by atoms with Gasteiger partial charge in [0.15, 0.2) is 0 Å². The van der Waals surface area contributed by atoms with Crippen molar-refractivity contribution in [3.63, 3.8) is 0 Å². The van der Waals surface area contributed by atoms with Gasteiger partial charge in [0.05, 0.1) is 6.04 Å². The molecule has 1 aromatic rings. The maximum Gasteiger partial charge on any atom is 0.223 e. The molecule has 0 spiro atoms. The Morgan fingerprint density at radius 1 is 1.33 bits per heavy atom. The van der Waals surface area contributed by atoms with Crippen molar-refractivity contribution in [1.82, 2.24) is 4.90 Å². The van der Waals surface area contributed by atoms with E-state index in [9.17, 15) is 4.79 Å². The first-order chi connectivity index (χ1) is 8.58. The van der Waals surface area contributed by atoms with Crippen molar-refractivity contribution in [2.75, 3.05) is 0 Å². The predicted molar refractivity (Wildman–Crippen MR) is 73.6 cm³/mol. The van der Waals surface area contributed by atoms with Crippen molar-refractivity contribution >= 4 is 17.2 Å². The van der Waals surface area contributed by atoms with Crippen molar-refractivity contribution in [2.24, 2.45) is 5.73 Å². The molecule has 2 aliphatic rings. The molecule has 4 heteroatoms. The Hall–Kier alpha value is -0.870. The molecule has 0 aromatic carbocycles. The Balaban J connectivity index is 1.99. The number of amides is 1. The van der Waals surface area contributed by atoms with Gasteiger partial charge in [-0.25, -0.2) is 0 Å². The van der Waals surface area contributed by atoms with E-state index in [1.807, 2.05) is 0 Å². The second-order valence-corrected chi connectivity index (χ2v) is 7.01. The van der Waals surface area contributed by atoms with E-state index >= 15 is 0 Å². The van der Waals surface area contributed by atoms with Crippen LogP contribution in [0.25, 0.3) is 0 Å². The third-order valence-corrected chi connectivity index (χ3v) is 5.00. The molecule has 2 unspecified atom stereocenters. The van der Waals surface area contributed by atoms with Crippen LogP contribution in [0.1, 0.15) is 47.0 Å². The highest BCUT2D eigenvalue weighted by Crippen LogP contribution is 2.42. The van der Waals surface area contributed by atoms with Crippen LogP contribution in [0.5, 0.6) is 0 Å². The number of nitrogens with zero attached hydrogens (tertiary/aromatic N) is 1. The molecule has 3 nitrogen and oxygen atoms in total. The third-order valence-electron chi connectivity index (χ3n) is 4.02. The van der Waals surface area contributed by atoms with Gasteiger partial charge in [-0.15, -0.1) is 11.3 Å². The summed E-state index contributed by atoms with van der Waals surface area (Å²) in [5.74, 6) is 0.299. The average Bonchev–Trinajstić information content (AvgIpc) is 3.08. The fourth-order valence-corrected chi connectivity index (χ4v) is 4.01. The van der Waals surface area contributed by atoms with Crippen molar-refractivity contribution < 1.29 is 4.79 Å². The largest absolute Gasteiger partial charge is 0.331 e. The number of hydrogen-bond donors (Lipinski definition) is 1. The second kappa shape index (κ2) is 4.35. The second-order valence-electron chi connectivity index (χ2n) is 5.55. The van der Waals surface area contributed by atoms with E-state index in [-0.39, 0.29) is 12.1 Å². The van der Waals surface area contributed by atoms with Crippen LogP contribution in [-0.4, -0.2) is 22.9 Å². The monoisotopic (exact) mass is 264 g/mol. The number of nitrogens with two attached hydrogens (primary N) is 1. The van der Waals surface area contributed by atoms with Crippen LogP contribution < -0.4 is 5.73 Å². The fraction of sp³-hybridized carbons (Fsp3) is 0.643. The minimum absolute atomic E-state index is 0.0935. The molecule has 0 radical (unpaired) electrons. The smallest absolute Gasteiger partial charge is 0.223 e. The van der Waals surface area contributed by atoms with Crippen molar-refractivity contribution in [1.29, 1.82) is 0 Å². The minimum atomic E-state index is 0.0935. The first-order valence-electron chi connectivity index (χ1n) is 6.71. The van der Waals surface area contributed by atoms with Gasteiger partial charge in [0, 0.05) is 28.3 Å². The van der Waals surface area contributed by atoms with Crippen molar-refractivity contribution in [3.05, 3.63) is 21.4 Å². The lowest BCUT2D eigenvalue weighted by molar-refractivity contribution is -0.138. The highest BCUT2D eigenvalue weighted by Gasteiger charge is 2.43. The van der Waals surface area contributed by atoms with Gasteiger partial charge >= 0.3 is 0 Å². The first-order valence-corrected chi connectivity index (χ1v) is 7.53. The summed E-state index contributed by atoms with van der Waals surface area (Å²) in [5, 5.41) is 0. The number of thiophene rings is 1. The quantitative estimate of drug-likeness (QED) is 0.892. The normalized spacial score (nSPS) is 28.8. The van der Waals surface area contributed by atoms with Gasteiger partial charge in [0.25, 0.3) is 0 Å². The summed E-state index contributed by atoms with van der Waals surface area (Å²) < 4.78 is 0. The molecule has 1 saturated carbocycles. The molecule has 1 aliphatic heterocycles. The van der Waals surface area contributed by atoms with Crippen LogP contribution in [0.15, 0.2) is 6.07 Å². The number of likely N-dealkylation sites (tertiary alicyclic amines) is 1. The van der Waals surface area contributed by atoms with E-state index in [4.69, 9.17) is 5.73 Å². The Labute approximate surface area is 112 Å². The number of carbonyl (C=O) groups excluding carboxylic acids is 1. The maximum atomic E-state index is 12.2. The summed E-state index contributed by atoms with van der Waals surface area (Å²) >= 11 is 1.81. The van der Waals surface area contributed by atoms with Crippen LogP contribution in [0.2, 0.25) is 0 Å². The third kappa shape index (κ3) is 1.97. The lowest BCUT2D eigenvalue weighted by atomic mass is 9.90. The minimum Gasteiger partial charge on any atom is -0.331 e. The van der Waals surface area contributed by atoms with E-state index in [1.54, 1.807) is 11.3 Å². The molecule has 3 rings (SSSR count). The summed E-state index contributed by atoms with van der Waals surface area (Å²) in [6, 6.07) is 2.88. The topological polar surface area (TPSA) is 46.3 Å². The molecule has 2 N–H and O–H groups in total. The molecule has 0 bridgehead atoms. The van der Waals surface area contributed by atoms with Gasteiger partial charge in [0.1, 0.15) is 0 Å². The van der Waals surface area contributed by atoms with E-state index in [1.165, 1.54) is 15.3 Å². The Morgan fingerprint density at radius 2 is 2.06 bits per heavy atom. The molecule has 98 valence electrons. The first kappa shape index (κ1) is 12.2. The summed E-state index contributed by atoms with van der Waals surface area (Å²) in [6.45, 7) is 4.27. The summed E-state index contributed by atoms with van der Waals surface area (Å²) in [4.78, 5) is 16.9. The maximum absolute atomic E-state index is 12.2. The number of aryl methyl sites for hydroxylation is 2. The van der Waals surface area contributed by atoms with Gasteiger partial charge in [-0.05, 0) is 44.7 Å². The van der Waals surface area contributed by atoms with Crippen LogP contribution in [0.4, 0.5) is 0 Å². The van der Waals surface area contributed by atoms with Gasteiger partial charge in [-0.1, -0.05) is 0 Å². The summed E-state index contributed by atoms with van der Waals surface area (Å²) in [6.07, 6.45) is 3.74. The molecule has 2 fully saturated rings. The fourth-order valence-electron chi connectivity index (χ4n) is 3.05. The van der Waals surface area contributed by atoms with E-state index < -0.39 is 0 Å². The van der Waals surface area contributed by atoms with Gasteiger partial charge in [-0.2, -0.15) is 0 Å². The van der Waals surface area contributed by atoms with Gasteiger partial charge in [0.2, 0.25) is 5.91 Å². The SMILES string of the molecule is Cc1cc(C2C(N)CCC(=O)N2C2CC2)c(C)s1. The summed E-state index contributed by atoms with van der Waals surface area (Å²) in [7, 11) is 0. The summed E-state index contributed by atoms with van der Waals surface area (Å²) in [5.41, 5.74) is 7.60. The van der Waals surface area contributed by atoms with Crippen LogP contribution in [0, 0.1) is 13.8 Å². The molecule has 2 atom stereocenters. The number of piperidine rings is 1. The van der Waals surface area contributed by atoms with Crippen LogP contribution in [0.3, 0.4) is 0 Å². The van der Waals surface area contributed by atoms with Crippen LogP contribution >= 0.6 is 11.3 Å². The molecule has 1 aliphatic carbocycles. The number of carbonyl (C=O) groups is 1. The lowest BCUT2D eigenvalue weighted by Crippen LogP contribution is -2.49. The molecule has 1 amide bonds. The zero-order valence-electron chi connectivity index (χ0n) is 11.0. The number of rotatable bonds is 2. The Kier molecular flexibility index (Phi) is 2.94. The highest BCUT2D eigenvalue weighted by atomic mass is 32.1. The molecule has 2 heterocycles. The standard InChI is InChI=1S/C14H20N2OS/c1-8-7-11(9(2)18-8)14-12(15)5-6-13(17)16(14)10-3-4-10/h7,10,12,14H,3-6,15H2,1-2H3. The number of hydrogen-bond acceptors (Lipinski definition) is 3. The van der Waals surface area contributed by atoms with Gasteiger partial charge < -0.3 is 10.6 Å². The average molecular weight is 264 g/mol. The molecular weight excluding hydrogens is 244 g/mol. The van der Waals surface area contributed by atoms with E-state index in [0.29, 0.717) is 18.4 Å². The molecular formula is C14H20N2OS.